The van der Waals surface area contributed by atoms with Crippen LogP contribution in [-0.4, -0.2) is 44.1 Å². The summed E-state index contributed by atoms with van der Waals surface area (Å²) in [6.07, 6.45) is 1.33. The molecule has 1 aliphatic rings. The Hall–Kier alpha value is -0.100. The van der Waals surface area contributed by atoms with Crippen LogP contribution in [0.4, 0.5) is 0 Å². The summed E-state index contributed by atoms with van der Waals surface area (Å²) in [4.78, 5) is 11.1. The average Bonchev–Trinajstić information content (AvgIpc) is 2.07. The van der Waals surface area contributed by atoms with Gasteiger partial charge in [0.2, 0.25) is 0 Å². The van der Waals surface area contributed by atoms with Crippen LogP contribution in [0.5, 0.6) is 0 Å². The molecule has 0 fully saturated rings. The zero-order chi connectivity index (χ0) is 9.35. The van der Waals surface area contributed by atoms with E-state index in [1.54, 1.807) is 13.0 Å². The molecule has 13 heavy (non-hydrogen) atoms. The minimum atomic E-state index is -0.272. The number of hydrogen-bond acceptors (Lipinski definition) is 2. The van der Waals surface area contributed by atoms with Crippen LogP contribution in [0.1, 0.15) is 6.92 Å². The molecule has 0 aromatic rings. The maximum absolute atomic E-state index is 11.1. The number of carbonyl (C=O) groups is 1. The van der Waals surface area contributed by atoms with Gasteiger partial charge >= 0.3 is 0 Å². The minimum Gasteiger partial charge on any atom is -1.00 e. The summed E-state index contributed by atoms with van der Waals surface area (Å²) in [6.45, 7) is 2.55. The smallest absolute Gasteiger partial charge is 0.199 e. The lowest BCUT2D eigenvalue weighted by molar-refractivity contribution is -0.866. The number of rotatable bonds is 2. The van der Waals surface area contributed by atoms with Gasteiger partial charge in [-0.25, -0.2) is 0 Å². The molecular formula is C9H16INO2. The number of nitrogens with zero attached hydrogens (tertiary/aromatic N) is 1. The molecule has 3 nitrogen and oxygen atoms in total. The number of quaternary nitrogens is 1. The molecule has 0 radical (unpaired) electrons. The van der Waals surface area contributed by atoms with Gasteiger partial charge in [0.05, 0.1) is 21.1 Å². The molecular weight excluding hydrogens is 281 g/mol. The van der Waals surface area contributed by atoms with Gasteiger partial charge in [-0.2, -0.15) is 0 Å². The first-order valence-corrected chi connectivity index (χ1v) is 4.10. The largest absolute Gasteiger partial charge is 1.00 e. The van der Waals surface area contributed by atoms with Gasteiger partial charge in [-0.3, -0.25) is 4.79 Å². The standard InChI is InChI=1S/C9H16NO2.HI/c1-7-9(11)5-8(12-7)6-10(2,3)4;/h5,7H,6H2,1-4H3;1H/q+1;/p-1/t7-;/m0./s1. The molecule has 0 bridgehead atoms. The maximum Gasteiger partial charge on any atom is 0.199 e. The predicted molar refractivity (Wildman–Crippen MR) is 46.5 cm³/mol. The van der Waals surface area contributed by atoms with Crippen LogP contribution in [0.15, 0.2) is 11.8 Å². The van der Waals surface area contributed by atoms with E-state index >= 15 is 0 Å². The molecule has 0 unspecified atom stereocenters. The Morgan fingerprint density at radius 3 is 2.31 bits per heavy atom. The Labute approximate surface area is 96.4 Å². The SMILES string of the molecule is C[C@@H]1OC(C[N+](C)(C)C)=CC1=O.[I-]. The first kappa shape index (κ1) is 12.9. The van der Waals surface area contributed by atoms with Gasteiger partial charge in [-0.15, -0.1) is 0 Å². The van der Waals surface area contributed by atoms with Crippen LogP contribution in [0.3, 0.4) is 0 Å². The number of hydrogen-bond donors (Lipinski definition) is 0. The van der Waals surface area contributed by atoms with Crippen LogP contribution in [0.2, 0.25) is 0 Å². The van der Waals surface area contributed by atoms with E-state index in [9.17, 15) is 4.79 Å². The molecule has 0 aromatic heterocycles. The maximum atomic E-state index is 11.1. The molecule has 0 N–H and O–H groups in total. The molecule has 0 aliphatic carbocycles. The lowest BCUT2D eigenvalue weighted by Gasteiger charge is -2.24. The quantitative estimate of drug-likeness (QED) is 0.418. The molecule has 0 saturated heterocycles. The van der Waals surface area contributed by atoms with Gasteiger partial charge in [0, 0.05) is 6.08 Å². The highest BCUT2D eigenvalue weighted by Gasteiger charge is 2.25. The van der Waals surface area contributed by atoms with Gasteiger partial charge in [-0.05, 0) is 6.92 Å². The number of ketones is 1. The summed E-state index contributed by atoms with van der Waals surface area (Å²) in [5, 5.41) is 0. The minimum absolute atomic E-state index is 0. The van der Waals surface area contributed by atoms with Crippen LogP contribution in [-0.2, 0) is 9.53 Å². The molecule has 1 heterocycles. The van der Waals surface area contributed by atoms with Gasteiger partial charge in [0.15, 0.2) is 17.6 Å². The van der Waals surface area contributed by atoms with E-state index in [4.69, 9.17) is 4.74 Å². The molecule has 0 saturated carbocycles. The number of carbonyl (C=O) groups excluding carboxylic acids is 1. The summed E-state index contributed by atoms with van der Waals surface area (Å²) in [5.41, 5.74) is 0. The third-order valence-electron chi connectivity index (χ3n) is 1.66. The van der Waals surface area contributed by atoms with Crippen molar-refractivity contribution in [2.75, 3.05) is 27.7 Å². The van der Waals surface area contributed by atoms with E-state index in [0.29, 0.717) is 0 Å². The van der Waals surface area contributed by atoms with Gasteiger partial charge in [-0.1, -0.05) is 0 Å². The Bertz CT molecular complexity index is 230. The second-order valence-electron chi connectivity index (χ2n) is 4.22. The van der Waals surface area contributed by atoms with E-state index in [-0.39, 0.29) is 35.9 Å². The molecule has 4 heteroatoms. The van der Waals surface area contributed by atoms with E-state index in [2.05, 4.69) is 21.1 Å². The molecule has 0 spiro atoms. The van der Waals surface area contributed by atoms with Crippen molar-refractivity contribution < 1.29 is 38.0 Å². The second-order valence-corrected chi connectivity index (χ2v) is 4.22. The Kier molecular flexibility index (Phi) is 4.38. The van der Waals surface area contributed by atoms with Gasteiger partial charge in [0.25, 0.3) is 0 Å². The fourth-order valence-corrected chi connectivity index (χ4v) is 1.15. The third kappa shape index (κ3) is 4.08. The van der Waals surface area contributed by atoms with Crippen molar-refractivity contribution in [3.8, 4) is 0 Å². The highest BCUT2D eigenvalue weighted by atomic mass is 127. The first-order chi connectivity index (χ1) is 5.38. The van der Waals surface area contributed by atoms with E-state index in [1.807, 2.05) is 0 Å². The highest BCUT2D eigenvalue weighted by Crippen LogP contribution is 2.15. The van der Waals surface area contributed by atoms with Crippen molar-refractivity contribution in [1.82, 2.24) is 0 Å². The van der Waals surface area contributed by atoms with Crippen molar-refractivity contribution in [3.05, 3.63) is 11.8 Å². The number of ether oxygens (including phenoxy) is 1. The average molecular weight is 297 g/mol. The monoisotopic (exact) mass is 297 g/mol. The van der Waals surface area contributed by atoms with Crippen molar-refractivity contribution in [2.45, 2.75) is 13.0 Å². The van der Waals surface area contributed by atoms with E-state index < -0.39 is 0 Å². The normalized spacial score (nSPS) is 22.0. The van der Waals surface area contributed by atoms with E-state index in [0.717, 1.165) is 16.8 Å². The molecule has 0 amide bonds. The molecule has 1 atom stereocenters. The summed E-state index contributed by atoms with van der Waals surface area (Å²) in [7, 11) is 6.20. The van der Waals surface area contributed by atoms with Crippen LogP contribution in [0.25, 0.3) is 0 Å². The molecule has 76 valence electrons. The van der Waals surface area contributed by atoms with Gasteiger partial charge in [0.1, 0.15) is 6.54 Å². The van der Waals surface area contributed by atoms with Crippen LogP contribution in [0, 0.1) is 0 Å². The summed E-state index contributed by atoms with van der Waals surface area (Å²) >= 11 is 0. The topological polar surface area (TPSA) is 26.3 Å². The Morgan fingerprint density at radius 2 is 2.00 bits per heavy atom. The van der Waals surface area contributed by atoms with Crippen molar-refractivity contribution in [3.63, 3.8) is 0 Å². The van der Waals surface area contributed by atoms with Crippen LogP contribution < -0.4 is 24.0 Å². The lowest BCUT2D eigenvalue weighted by Crippen LogP contribution is -3.00. The van der Waals surface area contributed by atoms with Crippen molar-refractivity contribution in [1.29, 1.82) is 0 Å². The third-order valence-corrected chi connectivity index (χ3v) is 1.66. The lowest BCUT2D eigenvalue weighted by atomic mass is 10.3. The zero-order valence-electron chi connectivity index (χ0n) is 8.50. The number of halogens is 1. The molecule has 1 aliphatic heterocycles. The summed E-state index contributed by atoms with van der Waals surface area (Å²) in [5.74, 6) is 0.887. The fraction of sp³-hybridized carbons (Fsp3) is 0.667. The van der Waals surface area contributed by atoms with E-state index in [1.165, 1.54) is 0 Å². The van der Waals surface area contributed by atoms with Gasteiger partial charge < -0.3 is 33.2 Å². The second kappa shape index (κ2) is 4.41. The van der Waals surface area contributed by atoms with Crippen molar-refractivity contribution in [2.24, 2.45) is 0 Å². The molecule has 1 rings (SSSR count). The Morgan fingerprint density at radius 1 is 1.46 bits per heavy atom. The zero-order valence-corrected chi connectivity index (χ0v) is 10.7. The highest BCUT2D eigenvalue weighted by molar-refractivity contribution is 5.95. The Balaban J connectivity index is 0.00000144. The van der Waals surface area contributed by atoms with Crippen LogP contribution >= 0.6 is 0 Å². The predicted octanol–water partition coefficient (Wildman–Crippen LogP) is -2.43. The fourth-order valence-electron chi connectivity index (χ4n) is 1.15. The summed E-state index contributed by atoms with van der Waals surface area (Å²) in [6, 6.07) is 0. The first-order valence-electron chi connectivity index (χ1n) is 4.10. The number of likely N-dealkylation sites (N-methyl/N-ethyl adjacent to an activating group) is 1. The molecule has 0 aromatic carbocycles. The summed E-state index contributed by atoms with van der Waals surface area (Å²) < 4.78 is 6.13. The van der Waals surface area contributed by atoms with Crippen molar-refractivity contribution >= 4 is 5.78 Å².